The zero-order valence-corrected chi connectivity index (χ0v) is 18.5. The van der Waals surface area contributed by atoms with Crippen LogP contribution < -0.4 is 0 Å². The van der Waals surface area contributed by atoms with Gasteiger partial charge in [0.2, 0.25) is 0 Å². The second-order valence-corrected chi connectivity index (χ2v) is 6.29. The number of fused-ring (bicyclic) bond motifs is 1. The summed E-state index contributed by atoms with van der Waals surface area (Å²) in [6.07, 6.45) is 6.08. The average Bonchev–Trinajstić information content (AvgIpc) is 3.25. The Bertz CT molecular complexity index is 1280. The molecule has 0 bridgehead atoms. The summed E-state index contributed by atoms with van der Waals surface area (Å²) >= 11 is 0. The molecule has 7 heteroatoms. The van der Waals surface area contributed by atoms with Crippen LogP contribution in [0.5, 0.6) is 0 Å². The Morgan fingerprint density at radius 2 is 1.65 bits per heavy atom. The molecule has 0 aliphatic heterocycles. The molecule has 0 unspecified atom stereocenters. The standard InChI is InChI=1S/C12H7N2O.C12H9NO2.Ir/c1-2-6-11-10(5-1)12(14-15-11)9-4-3-7-13-8-9;14-12(15)11-8-10(6-7-13-11)9-4-2-1-3-5-9;/h1-7H;1-8H,(H,14,15);/q-1;;. The zero-order chi connectivity index (χ0) is 20.8. The van der Waals surface area contributed by atoms with Crippen molar-refractivity contribution in [2.45, 2.75) is 0 Å². The van der Waals surface area contributed by atoms with E-state index in [1.54, 1.807) is 18.3 Å². The van der Waals surface area contributed by atoms with Crippen molar-refractivity contribution in [1.29, 1.82) is 0 Å². The van der Waals surface area contributed by atoms with Crippen LogP contribution in [0.4, 0.5) is 0 Å². The molecular formula is C24H16IrN3O3-. The number of nitrogens with zero attached hydrogens (tertiary/aromatic N) is 3. The minimum atomic E-state index is -1.01. The van der Waals surface area contributed by atoms with Crippen LogP contribution in [0, 0.1) is 6.20 Å². The van der Waals surface area contributed by atoms with Crippen molar-refractivity contribution in [3.8, 4) is 22.4 Å². The molecule has 0 saturated carbocycles. The third kappa shape index (κ3) is 5.28. The normalized spacial score (nSPS) is 9.94. The number of hydrogen-bond donors (Lipinski definition) is 1. The van der Waals surface area contributed by atoms with Gasteiger partial charge in [0, 0.05) is 37.4 Å². The predicted octanol–water partition coefficient (Wildman–Crippen LogP) is 5.13. The molecule has 0 amide bonds. The Morgan fingerprint density at radius 3 is 2.39 bits per heavy atom. The molecule has 2 aromatic carbocycles. The Labute approximate surface area is 191 Å². The van der Waals surface area contributed by atoms with Gasteiger partial charge in [0.15, 0.2) is 5.58 Å². The summed E-state index contributed by atoms with van der Waals surface area (Å²) in [4.78, 5) is 18.4. The van der Waals surface area contributed by atoms with Crippen LogP contribution in [-0.4, -0.2) is 26.2 Å². The Balaban J connectivity index is 0.000000170. The summed E-state index contributed by atoms with van der Waals surface area (Å²) in [6, 6.07) is 24.5. The van der Waals surface area contributed by atoms with E-state index < -0.39 is 5.97 Å². The number of carboxylic acid groups (broad SMARTS) is 1. The molecule has 31 heavy (non-hydrogen) atoms. The number of aromatic carboxylic acids is 1. The summed E-state index contributed by atoms with van der Waals surface area (Å²) in [5.74, 6) is -1.01. The van der Waals surface area contributed by atoms with Gasteiger partial charge >= 0.3 is 5.97 Å². The molecule has 0 saturated heterocycles. The van der Waals surface area contributed by atoms with E-state index in [0.29, 0.717) is 0 Å². The summed E-state index contributed by atoms with van der Waals surface area (Å²) in [5, 5.41) is 13.8. The van der Waals surface area contributed by atoms with Gasteiger partial charge in [0.05, 0.1) is 0 Å². The molecule has 3 heterocycles. The molecule has 5 rings (SSSR count). The Kier molecular flexibility index (Phi) is 7.38. The second-order valence-electron chi connectivity index (χ2n) is 6.29. The molecule has 0 atom stereocenters. The van der Waals surface area contributed by atoms with Crippen LogP contribution in [0.25, 0.3) is 33.4 Å². The van der Waals surface area contributed by atoms with Crippen LogP contribution in [0.15, 0.2) is 95.8 Å². The van der Waals surface area contributed by atoms with Gasteiger partial charge in [-0.05, 0) is 35.5 Å². The van der Waals surface area contributed by atoms with Crippen LogP contribution in [0.2, 0.25) is 0 Å². The molecule has 1 radical (unpaired) electrons. The van der Waals surface area contributed by atoms with E-state index >= 15 is 0 Å². The molecular weight excluding hydrogens is 570 g/mol. The SMILES string of the molecule is O=C(O)c1cc(-c2ccccc2)ccn1.[Ir].[c-]1ncccc1-c1noc2ccccc12. The van der Waals surface area contributed by atoms with Crippen LogP contribution in [0.3, 0.4) is 0 Å². The van der Waals surface area contributed by atoms with Gasteiger partial charge in [0.1, 0.15) is 5.69 Å². The van der Waals surface area contributed by atoms with E-state index in [2.05, 4.69) is 21.3 Å². The van der Waals surface area contributed by atoms with E-state index in [0.717, 1.165) is 33.4 Å². The van der Waals surface area contributed by atoms with Gasteiger partial charge in [-0.15, -0.1) is 22.9 Å². The van der Waals surface area contributed by atoms with Crippen molar-refractivity contribution in [3.05, 3.63) is 103 Å². The Morgan fingerprint density at radius 1 is 0.871 bits per heavy atom. The second kappa shape index (κ2) is 10.4. The van der Waals surface area contributed by atoms with Gasteiger partial charge < -0.3 is 14.6 Å². The first-order valence-corrected chi connectivity index (χ1v) is 9.14. The van der Waals surface area contributed by atoms with Crippen molar-refractivity contribution in [2.24, 2.45) is 0 Å². The smallest absolute Gasteiger partial charge is 0.354 e. The number of pyridine rings is 2. The molecule has 3 aromatic heterocycles. The summed E-state index contributed by atoms with van der Waals surface area (Å²) in [6.45, 7) is 0. The number of carboxylic acids is 1. The first-order chi connectivity index (χ1) is 14.7. The molecule has 155 valence electrons. The number of carbonyl (C=O) groups is 1. The van der Waals surface area contributed by atoms with Gasteiger partial charge in [-0.25, -0.2) is 9.78 Å². The summed E-state index contributed by atoms with van der Waals surface area (Å²) < 4.78 is 5.21. The van der Waals surface area contributed by atoms with Gasteiger partial charge in [-0.1, -0.05) is 54.7 Å². The molecule has 0 fully saturated rings. The molecule has 0 spiro atoms. The quantitative estimate of drug-likeness (QED) is 0.295. The minimum absolute atomic E-state index is 0. The Hall–Kier alpha value is -3.67. The fraction of sp³-hybridized carbons (Fsp3) is 0. The number of benzene rings is 2. The first kappa shape index (κ1) is 22.0. The fourth-order valence-corrected chi connectivity index (χ4v) is 2.90. The largest absolute Gasteiger partial charge is 0.477 e. The maximum Gasteiger partial charge on any atom is 0.354 e. The maximum absolute atomic E-state index is 10.7. The van der Waals surface area contributed by atoms with E-state index in [-0.39, 0.29) is 25.8 Å². The minimum Gasteiger partial charge on any atom is -0.477 e. The van der Waals surface area contributed by atoms with Crippen LogP contribution in [0.1, 0.15) is 10.5 Å². The monoisotopic (exact) mass is 587 g/mol. The van der Waals surface area contributed by atoms with Crippen molar-refractivity contribution < 1.29 is 34.5 Å². The molecule has 0 aliphatic rings. The van der Waals surface area contributed by atoms with E-state index in [9.17, 15) is 4.79 Å². The molecule has 1 N–H and O–H groups in total. The molecule has 6 nitrogen and oxygen atoms in total. The number of para-hydroxylation sites is 1. The topological polar surface area (TPSA) is 89.1 Å². The maximum atomic E-state index is 10.7. The van der Waals surface area contributed by atoms with Crippen molar-refractivity contribution >= 4 is 16.9 Å². The molecule has 5 aromatic rings. The molecule has 0 aliphatic carbocycles. The van der Waals surface area contributed by atoms with E-state index in [1.165, 1.54) is 6.20 Å². The van der Waals surface area contributed by atoms with Crippen molar-refractivity contribution in [1.82, 2.24) is 15.1 Å². The third-order valence-electron chi connectivity index (χ3n) is 4.33. The van der Waals surface area contributed by atoms with Crippen LogP contribution >= 0.6 is 0 Å². The first-order valence-electron chi connectivity index (χ1n) is 9.14. The van der Waals surface area contributed by atoms with Crippen molar-refractivity contribution in [3.63, 3.8) is 0 Å². The number of hydrogen-bond acceptors (Lipinski definition) is 5. The van der Waals surface area contributed by atoms with Gasteiger partial charge in [0.25, 0.3) is 0 Å². The van der Waals surface area contributed by atoms with Gasteiger partial charge in [-0.3, -0.25) is 0 Å². The summed E-state index contributed by atoms with van der Waals surface area (Å²) in [5.41, 5.74) is 4.34. The average molecular weight is 587 g/mol. The summed E-state index contributed by atoms with van der Waals surface area (Å²) in [7, 11) is 0. The van der Waals surface area contributed by atoms with Crippen LogP contribution in [-0.2, 0) is 20.1 Å². The third-order valence-corrected chi connectivity index (χ3v) is 4.33. The van der Waals surface area contributed by atoms with E-state index in [4.69, 9.17) is 9.63 Å². The predicted molar refractivity (Wildman–Crippen MR) is 113 cm³/mol. The van der Waals surface area contributed by atoms with Crippen molar-refractivity contribution in [2.75, 3.05) is 0 Å². The number of aromatic nitrogens is 3. The van der Waals surface area contributed by atoms with Gasteiger partial charge in [-0.2, -0.15) is 0 Å². The van der Waals surface area contributed by atoms with E-state index in [1.807, 2.05) is 66.7 Å². The fourth-order valence-electron chi connectivity index (χ4n) is 2.90. The number of rotatable bonds is 3. The zero-order valence-electron chi connectivity index (χ0n) is 16.1.